The van der Waals surface area contributed by atoms with Crippen molar-refractivity contribution in [2.45, 2.75) is 25.3 Å². The monoisotopic (exact) mass is 395 g/mol. The van der Waals surface area contributed by atoms with Crippen LogP contribution in [0.1, 0.15) is 29.6 Å². The number of carbonyl (C=O) groups is 2. The van der Waals surface area contributed by atoms with Gasteiger partial charge in [-0.15, -0.1) is 11.3 Å². The van der Waals surface area contributed by atoms with E-state index in [1.54, 1.807) is 6.07 Å². The average molecular weight is 397 g/mol. The van der Waals surface area contributed by atoms with E-state index in [0.29, 0.717) is 12.0 Å². The van der Waals surface area contributed by atoms with Crippen molar-refractivity contribution in [2.24, 2.45) is 5.92 Å². The molecule has 1 aromatic rings. The Hall–Kier alpha value is -0.400. The van der Waals surface area contributed by atoms with Crippen LogP contribution in [0, 0.1) is 5.92 Å². The lowest BCUT2D eigenvalue weighted by molar-refractivity contribution is -0.142. The van der Waals surface area contributed by atoms with Gasteiger partial charge in [-0.05, 0) is 50.8 Å². The molecule has 0 aliphatic heterocycles. The smallest absolute Gasteiger partial charge is 0.308 e. The Labute approximate surface area is 125 Å². The van der Waals surface area contributed by atoms with Crippen LogP contribution < -0.4 is 5.32 Å². The molecule has 2 unspecified atom stereocenters. The van der Waals surface area contributed by atoms with Gasteiger partial charge in [0.25, 0.3) is 5.91 Å². The minimum absolute atomic E-state index is 0.220. The highest BCUT2D eigenvalue weighted by Gasteiger charge is 2.34. The Bertz CT molecular complexity index is 489. The summed E-state index contributed by atoms with van der Waals surface area (Å²) in [5.41, 5.74) is 0.544. The van der Waals surface area contributed by atoms with Crippen LogP contribution in [0.4, 0.5) is 0 Å². The van der Waals surface area contributed by atoms with Gasteiger partial charge in [0.1, 0.15) is 0 Å². The molecule has 2 atom stereocenters. The van der Waals surface area contributed by atoms with Gasteiger partial charge < -0.3 is 10.4 Å². The third-order valence-electron chi connectivity index (χ3n) is 3.05. The first-order valence-corrected chi connectivity index (χ1v) is 7.88. The summed E-state index contributed by atoms with van der Waals surface area (Å²) in [6.07, 6.45) is 2.21. The Kier molecular flexibility index (Phi) is 4.45. The number of halogens is 2. The molecule has 2 N–H and O–H groups in total. The Balaban J connectivity index is 2.07. The van der Waals surface area contributed by atoms with E-state index >= 15 is 0 Å². The number of carboxylic acids is 1. The molecule has 1 amide bonds. The lowest BCUT2D eigenvalue weighted by atomic mass is 10.0. The number of amides is 1. The summed E-state index contributed by atoms with van der Waals surface area (Å²) in [4.78, 5) is 23.1. The number of hydrogen-bond acceptors (Lipinski definition) is 3. The summed E-state index contributed by atoms with van der Waals surface area (Å²) in [6, 6.07) is 1.47. The minimum Gasteiger partial charge on any atom is -0.481 e. The highest BCUT2D eigenvalue weighted by atomic mass is 79.9. The van der Waals surface area contributed by atoms with Crippen molar-refractivity contribution in [1.29, 1.82) is 0 Å². The first-order chi connectivity index (χ1) is 8.49. The molecule has 1 aliphatic carbocycles. The van der Waals surface area contributed by atoms with Gasteiger partial charge in [0.2, 0.25) is 0 Å². The van der Waals surface area contributed by atoms with Crippen molar-refractivity contribution in [3.8, 4) is 0 Å². The van der Waals surface area contributed by atoms with E-state index in [1.807, 2.05) is 0 Å². The van der Waals surface area contributed by atoms with Gasteiger partial charge in [0.15, 0.2) is 0 Å². The van der Waals surface area contributed by atoms with E-state index in [0.717, 1.165) is 20.4 Å². The molecule has 0 aromatic carbocycles. The van der Waals surface area contributed by atoms with Crippen molar-refractivity contribution >= 4 is 55.1 Å². The second-order valence-corrected chi connectivity index (χ2v) is 7.94. The summed E-state index contributed by atoms with van der Waals surface area (Å²) in [6.45, 7) is 0. The number of thiophene rings is 1. The maximum Gasteiger partial charge on any atom is 0.308 e. The average Bonchev–Trinajstić information content (AvgIpc) is 2.85. The van der Waals surface area contributed by atoms with Crippen LogP contribution in [0.15, 0.2) is 13.6 Å². The first-order valence-electron chi connectivity index (χ1n) is 5.47. The maximum atomic E-state index is 12.1. The zero-order valence-corrected chi connectivity index (χ0v) is 13.3. The van der Waals surface area contributed by atoms with Gasteiger partial charge in [-0.25, -0.2) is 0 Å². The highest BCUT2D eigenvalue weighted by molar-refractivity contribution is 9.12. The third kappa shape index (κ3) is 2.95. The number of rotatable bonds is 3. The molecule has 0 saturated heterocycles. The van der Waals surface area contributed by atoms with Crippen molar-refractivity contribution in [3.63, 3.8) is 0 Å². The Morgan fingerprint density at radius 1 is 1.39 bits per heavy atom. The molecule has 1 saturated carbocycles. The van der Waals surface area contributed by atoms with E-state index in [-0.39, 0.29) is 11.9 Å². The first kappa shape index (κ1) is 14.0. The molecule has 18 heavy (non-hydrogen) atoms. The molecule has 98 valence electrons. The quantitative estimate of drug-likeness (QED) is 0.823. The number of aliphatic carboxylic acids is 1. The lowest BCUT2D eigenvalue weighted by Gasteiger charge is -2.17. The van der Waals surface area contributed by atoms with E-state index in [4.69, 9.17) is 5.11 Å². The van der Waals surface area contributed by atoms with Crippen LogP contribution >= 0.6 is 43.2 Å². The molecule has 2 rings (SSSR count). The Morgan fingerprint density at radius 2 is 2.11 bits per heavy atom. The van der Waals surface area contributed by atoms with Crippen LogP contribution in [0.3, 0.4) is 0 Å². The normalized spacial score (nSPS) is 23.0. The SMILES string of the molecule is O=C(NC1CCCC1C(=O)O)c1cc(Br)sc1Br. The fourth-order valence-electron chi connectivity index (χ4n) is 2.17. The summed E-state index contributed by atoms with van der Waals surface area (Å²) in [5, 5.41) is 11.9. The van der Waals surface area contributed by atoms with E-state index in [1.165, 1.54) is 11.3 Å². The van der Waals surface area contributed by atoms with Gasteiger partial charge in [-0.3, -0.25) is 9.59 Å². The summed E-state index contributed by atoms with van der Waals surface area (Å²) >= 11 is 8.05. The molecule has 1 heterocycles. The number of carboxylic acid groups (broad SMARTS) is 1. The van der Waals surface area contributed by atoms with Gasteiger partial charge in [-0.1, -0.05) is 6.42 Å². The largest absolute Gasteiger partial charge is 0.481 e. The number of hydrogen-bond donors (Lipinski definition) is 2. The number of nitrogens with one attached hydrogen (secondary N) is 1. The molecule has 4 nitrogen and oxygen atoms in total. The molecule has 1 aromatic heterocycles. The van der Waals surface area contributed by atoms with E-state index in [9.17, 15) is 9.59 Å². The standard InChI is InChI=1S/C11H11Br2NO3S/c12-8-4-6(9(13)18-8)10(15)14-7-3-1-2-5(7)11(16)17/h4-5,7H,1-3H2,(H,14,15)(H,16,17). The van der Waals surface area contributed by atoms with E-state index < -0.39 is 11.9 Å². The lowest BCUT2D eigenvalue weighted by Crippen LogP contribution is -2.40. The summed E-state index contributed by atoms with van der Waals surface area (Å²) in [7, 11) is 0. The molecular weight excluding hydrogens is 386 g/mol. The van der Waals surface area contributed by atoms with Crippen molar-refractivity contribution in [1.82, 2.24) is 5.32 Å². The molecule has 1 aliphatic rings. The molecule has 0 spiro atoms. The van der Waals surface area contributed by atoms with Crippen molar-refractivity contribution in [3.05, 3.63) is 19.2 Å². The van der Waals surface area contributed by atoms with Gasteiger partial charge >= 0.3 is 5.97 Å². The minimum atomic E-state index is -0.830. The van der Waals surface area contributed by atoms with Crippen LogP contribution in [-0.2, 0) is 4.79 Å². The topological polar surface area (TPSA) is 66.4 Å². The fourth-order valence-corrected chi connectivity index (χ4v) is 4.96. The fraction of sp³-hybridized carbons (Fsp3) is 0.455. The third-order valence-corrected chi connectivity index (χ3v) is 5.39. The summed E-state index contributed by atoms with van der Waals surface area (Å²) in [5.74, 6) is -1.51. The zero-order valence-electron chi connectivity index (χ0n) is 9.28. The summed E-state index contributed by atoms with van der Waals surface area (Å²) < 4.78 is 1.61. The van der Waals surface area contributed by atoms with Crippen molar-refractivity contribution < 1.29 is 14.7 Å². The van der Waals surface area contributed by atoms with Crippen LogP contribution in [0.25, 0.3) is 0 Å². The van der Waals surface area contributed by atoms with Crippen LogP contribution in [0.2, 0.25) is 0 Å². The molecular formula is C11H11Br2NO3S. The van der Waals surface area contributed by atoms with Gasteiger partial charge in [-0.2, -0.15) is 0 Å². The second kappa shape index (κ2) is 5.71. The van der Waals surface area contributed by atoms with Crippen LogP contribution in [-0.4, -0.2) is 23.0 Å². The predicted octanol–water partition coefficient (Wildman–Crippen LogP) is 3.26. The number of carbonyl (C=O) groups excluding carboxylic acids is 1. The molecule has 0 bridgehead atoms. The zero-order chi connectivity index (χ0) is 13.3. The highest BCUT2D eigenvalue weighted by Crippen LogP contribution is 2.32. The van der Waals surface area contributed by atoms with Gasteiger partial charge in [0, 0.05) is 6.04 Å². The van der Waals surface area contributed by atoms with Crippen molar-refractivity contribution in [2.75, 3.05) is 0 Å². The maximum absolute atomic E-state index is 12.1. The van der Waals surface area contributed by atoms with Gasteiger partial charge in [0.05, 0.1) is 19.1 Å². The molecule has 1 fully saturated rings. The van der Waals surface area contributed by atoms with Crippen LogP contribution in [0.5, 0.6) is 0 Å². The Morgan fingerprint density at radius 3 is 2.67 bits per heavy atom. The molecule has 0 radical (unpaired) electrons. The van der Waals surface area contributed by atoms with E-state index in [2.05, 4.69) is 37.2 Å². The second-order valence-electron chi connectivity index (χ2n) is 4.19. The predicted molar refractivity (Wildman–Crippen MR) is 76.0 cm³/mol. The molecule has 7 heteroatoms.